The number of carbonyl (C=O) groups excluding carboxylic acids is 1. The number of anilines is 1. The van der Waals surface area contributed by atoms with Gasteiger partial charge in [0.05, 0.1) is 23.4 Å². The maximum Gasteiger partial charge on any atom is 0.335 e. The van der Waals surface area contributed by atoms with Crippen molar-refractivity contribution in [1.29, 1.82) is 0 Å². The van der Waals surface area contributed by atoms with Gasteiger partial charge in [-0.2, -0.15) is 0 Å². The van der Waals surface area contributed by atoms with Gasteiger partial charge in [0, 0.05) is 36.7 Å². The van der Waals surface area contributed by atoms with E-state index in [1.807, 2.05) is 0 Å². The van der Waals surface area contributed by atoms with E-state index in [2.05, 4.69) is 10.3 Å². The van der Waals surface area contributed by atoms with Gasteiger partial charge >= 0.3 is 5.97 Å². The number of carboxylic acids is 1. The Morgan fingerprint density at radius 2 is 1.91 bits per heavy atom. The van der Waals surface area contributed by atoms with Crippen LogP contribution in [0.1, 0.15) is 46.3 Å². The molecule has 2 aromatic rings. The number of aromatic carboxylic acids is 1. The third-order valence-electron chi connectivity index (χ3n) is 6.35. The number of Topliss-reactive ketones (excluding diaryl/α,β-unsaturated/α-hetero) is 1. The summed E-state index contributed by atoms with van der Waals surface area (Å²) in [6.07, 6.45) is 2.65. The van der Waals surface area contributed by atoms with Gasteiger partial charge in [-0.05, 0) is 54.7 Å². The third-order valence-corrected chi connectivity index (χ3v) is 6.35. The molecule has 0 radical (unpaired) electrons. The predicted molar refractivity (Wildman–Crippen MR) is 124 cm³/mol. The van der Waals surface area contributed by atoms with Gasteiger partial charge < -0.3 is 21.3 Å². The first kappa shape index (κ1) is 22.7. The number of aliphatic hydroxyl groups excluding tert-OH is 1. The fourth-order valence-corrected chi connectivity index (χ4v) is 4.31. The van der Waals surface area contributed by atoms with Crippen molar-refractivity contribution >= 4 is 23.2 Å². The van der Waals surface area contributed by atoms with Gasteiger partial charge in [0.15, 0.2) is 5.78 Å². The number of fused-ring (bicyclic) bond motifs is 1. The molecule has 0 spiro atoms. The number of aliphatic imine (C=N–C) groups is 1. The van der Waals surface area contributed by atoms with Crippen LogP contribution in [0.15, 0.2) is 52.7 Å². The summed E-state index contributed by atoms with van der Waals surface area (Å²) in [5, 5.41) is 23.0. The highest BCUT2D eigenvalue weighted by atomic mass is 19.1. The van der Waals surface area contributed by atoms with Gasteiger partial charge in [0.2, 0.25) is 0 Å². The van der Waals surface area contributed by atoms with Gasteiger partial charge in [0.1, 0.15) is 11.6 Å². The molecule has 2 aromatic carbocycles. The number of hydrogen-bond donors (Lipinski definition) is 4. The normalized spacial score (nSPS) is 19.6. The molecular weight excluding hydrogens is 425 g/mol. The smallest absolute Gasteiger partial charge is 0.335 e. The molecule has 1 fully saturated rings. The lowest BCUT2D eigenvalue weighted by Gasteiger charge is -2.37. The molecule has 2 aliphatic rings. The van der Waals surface area contributed by atoms with Gasteiger partial charge in [-0.25, -0.2) is 9.18 Å². The van der Waals surface area contributed by atoms with Crippen LogP contribution in [0, 0.1) is 5.82 Å². The number of halogens is 1. The van der Waals surface area contributed by atoms with Crippen LogP contribution in [0.3, 0.4) is 0 Å². The SMILES string of the molecule is CNc1cc(F)cc2c1CC(=O)C(=C(O)Cc1ccc(C(=O)O)cc1)C2=NCC1(N)CCC1. The molecular formula is C25H26FN3O4. The summed E-state index contributed by atoms with van der Waals surface area (Å²) >= 11 is 0. The number of hydrogen-bond acceptors (Lipinski definition) is 6. The van der Waals surface area contributed by atoms with E-state index in [4.69, 9.17) is 10.8 Å². The zero-order valence-electron chi connectivity index (χ0n) is 18.3. The van der Waals surface area contributed by atoms with E-state index >= 15 is 0 Å². The molecule has 5 N–H and O–H groups in total. The minimum absolute atomic E-state index is 0.00405. The molecule has 1 saturated carbocycles. The summed E-state index contributed by atoms with van der Waals surface area (Å²) in [5.41, 5.74) is 8.53. The fourth-order valence-electron chi connectivity index (χ4n) is 4.31. The average molecular weight is 451 g/mol. The van der Waals surface area contributed by atoms with Crippen LogP contribution < -0.4 is 11.1 Å². The maximum absolute atomic E-state index is 14.4. The summed E-state index contributed by atoms with van der Waals surface area (Å²) in [5.74, 6) is -2.04. The van der Waals surface area contributed by atoms with Crippen molar-refractivity contribution in [2.24, 2.45) is 10.7 Å². The number of aliphatic hydroxyl groups is 1. The molecule has 8 heteroatoms. The molecule has 0 unspecified atom stereocenters. The maximum atomic E-state index is 14.4. The first-order chi connectivity index (χ1) is 15.7. The Balaban J connectivity index is 1.79. The summed E-state index contributed by atoms with van der Waals surface area (Å²) < 4.78 is 14.4. The van der Waals surface area contributed by atoms with Crippen molar-refractivity contribution < 1.29 is 24.2 Å². The Morgan fingerprint density at radius 3 is 2.48 bits per heavy atom. The largest absolute Gasteiger partial charge is 0.511 e. The summed E-state index contributed by atoms with van der Waals surface area (Å²) in [6.45, 7) is 0.268. The Bertz CT molecular complexity index is 1180. The lowest BCUT2D eigenvalue weighted by atomic mass is 9.77. The van der Waals surface area contributed by atoms with Gasteiger partial charge in [0.25, 0.3) is 0 Å². The third kappa shape index (κ3) is 4.52. The summed E-state index contributed by atoms with van der Waals surface area (Å²) in [7, 11) is 1.66. The highest BCUT2D eigenvalue weighted by Gasteiger charge is 2.35. The fraction of sp³-hybridized carbons (Fsp3) is 0.320. The summed E-state index contributed by atoms with van der Waals surface area (Å²) in [4.78, 5) is 28.9. The van der Waals surface area contributed by atoms with Gasteiger partial charge in [-0.3, -0.25) is 9.79 Å². The highest BCUT2D eigenvalue weighted by molar-refractivity contribution is 6.32. The molecule has 2 aliphatic carbocycles. The van der Waals surface area contributed by atoms with Crippen molar-refractivity contribution in [2.75, 3.05) is 18.9 Å². The second-order valence-electron chi connectivity index (χ2n) is 8.71. The molecule has 0 aliphatic heterocycles. The Hall–Kier alpha value is -3.52. The van der Waals surface area contributed by atoms with Crippen molar-refractivity contribution in [3.05, 3.63) is 75.8 Å². The standard InChI is InChI=1S/C25H26FN3O4/c1-28-19-11-16(26)10-18-17(19)12-21(31)22(23(18)29-13-25(27)7-2-8-25)20(30)9-14-3-5-15(6-4-14)24(32)33/h3-6,10-11,28,30H,2,7-9,12-13,27H2,1H3,(H,32,33). The molecule has 0 atom stereocenters. The molecule has 172 valence electrons. The monoisotopic (exact) mass is 451 g/mol. The number of nitrogens with two attached hydrogens (primary N) is 1. The number of benzene rings is 2. The Labute approximate surface area is 190 Å². The number of carbonyl (C=O) groups is 2. The van der Waals surface area contributed by atoms with Crippen LogP contribution >= 0.6 is 0 Å². The van der Waals surface area contributed by atoms with Crippen LogP contribution in [0.25, 0.3) is 0 Å². The van der Waals surface area contributed by atoms with Gasteiger partial charge in [-0.15, -0.1) is 0 Å². The van der Waals surface area contributed by atoms with E-state index in [0.717, 1.165) is 19.3 Å². The molecule has 0 heterocycles. The molecule has 7 nitrogen and oxygen atoms in total. The number of rotatable bonds is 6. The van der Waals surface area contributed by atoms with Crippen molar-refractivity contribution in [3.8, 4) is 0 Å². The van der Waals surface area contributed by atoms with E-state index in [1.165, 1.54) is 24.3 Å². The van der Waals surface area contributed by atoms with E-state index < -0.39 is 17.3 Å². The van der Waals surface area contributed by atoms with Crippen LogP contribution in [0.5, 0.6) is 0 Å². The van der Waals surface area contributed by atoms with E-state index in [-0.39, 0.29) is 47.8 Å². The Morgan fingerprint density at radius 1 is 1.21 bits per heavy atom. The molecule has 0 saturated heterocycles. The first-order valence-electron chi connectivity index (χ1n) is 10.8. The van der Waals surface area contributed by atoms with Crippen molar-refractivity contribution in [1.82, 2.24) is 0 Å². The zero-order valence-corrected chi connectivity index (χ0v) is 18.3. The zero-order chi connectivity index (χ0) is 23.8. The molecule has 0 amide bonds. The summed E-state index contributed by atoms with van der Waals surface area (Å²) in [6, 6.07) is 8.71. The second-order valence-corrected chi connectivity index (χ2v) is 8.71. The quantitative estimate of drug-likeness (QED) is 0.394. The van der Waals surface area contributed by atoms with E-state index in [0.29, 0.717) is 22.4 Å². The van der Waals surface area contributed by atoms with Gasteiger partial charge in [-0.1, -0.05) is 12.1 Å². The molecule has 0 bridgehead atoms. The number of carboxylic acid groups (broad SMARTS) is 1. The van der Waals surface area contributed by atoms with Crippen LogP contribution in [0.2, 0.25) is 0 Å². The minimum Gasteiger partial charge on any atom is -0.511 e. The average Bonchev–Trinajstić information content (AvgIpc) is 2.76. The lowest BCUT2D eigenvalue weighted by molar-refractivity contribution is -0.114. The number of nitrogens with zero attached hydrogens (tertiary/aromatic N) is 1. The molecule has 33 heavy (non-hydrogen) atoms. The molecule has 4 rings (SSSR count). The van der Waals surface area contributed by atoms with Crippen LogP contribution in [-0.4, -0.2) is 46.8 Å². The van der Waals surface area contributed by atoms with E-state index in [1.54, 1.807) is 19.2 Å². The Kier molecular flexibility index (Phi) is 6.03. The minimum atomic E-state index is -1.05. The first-order valence-corrected chi connectivity index (χ1v) is 10.8. The topological polar surface area (TPSA) is 125 Å². The lowest BCUT2D eigenvalue weighted by Crippen LogP contribution is -2.49. The molecule has 0 aromatic heterocycles. The van der Waals surface area contributed by atoms with Crippen molar-refractivity contribution in [3.63, 3.8) is 0 Å². The number of allylic oxidation sites excluding steroid dienone is 2. The van der Waals surface area contributed by atoms with Crippen LogP contribution in [0.4, 0.5) is 10.1 Å². The predicted octanol–water partition coefficient (Wildman–Crippen LogP) is 3.42. The van der Waals surface area contributed by atoms with Crippen molar-refractivity contribution in [2.45, 2.75) is 37.6 Å². The second kappa shape index (κ2) is 8.78. The number of nitrogens with one attached hydrogen (secondary N) is 1. The number of ketones is 1. The van der Waals surface area contributed by atoms with Crippen LogP contribution in [-0.2, 0) is 17.6 Å². The highest BCUT2D eigenvalue weighted by Crippen LogP contribution is 2.34. The van der Waals surface area contributed by atoms with E-state index in [9.17, 15) is 19.1 Å².